The molecule has 0 spiro atoms. The quantitative estimate of drug-likeness (QED) is 0.482. The summed E-state index contributed by atoms with van der Waals surface area (Å²) in [4.78, 5) is 11.8. The largest absolute Gasteiger partial charge is 0.423 e. The Labute approximate surface area is 101 Å². The number of carbonyl (C=O) groups excluding carboxylic acids is 1. The van der Waals surface area contributed by atoms with Gasteiger partial charge in [0.25, 0.3) is 0 Å². The molecule has 0 saturated heterocycles. The van der Waals surface area contributed by atoms with Crippen molar-refractivity contribution < 1.29 is 14.6 Å². The monoisotopic (exact) mass is 232 g/mol. The summed E-state index contributed by atoms with van der Waals surface area (Å²) in [5.74, 6) is 0.0423. The second-order valence-corrected chi connectivity index (χ2v) is 3.42. The molecule has 1 aromatic rings. The Morgan fingerprint density at radius 3 is 2.76 bits per heavy atom. The van der Waals surface area contributed by atoms with Crippen molar-refractivity contribution in [2.45, 2.75) is 13.3 Å². The average molecular weight is 232 g/mol. The Balaban J connectivity index is 2.84. The van der Waals surface area contributed by atoms with Gasteiger partial charge in [0, 0.05) is 24.2 Å². The summed E-state index contributed by atoms with van der Waals surface area (Å²) in [6.45, 7) is 5.32. The molecule has 3 nitrogen and oxygen atoms in total. The predicted octanol–water partition coefficient (Wildman–Crippen LogP) is 2.56. The van der Waals surface area contributed by atoms with Crippen molar-refractivity contribution in [1.82, 2.24) is 0 Å². The molecule has 3 heteroatoms. The first-order valence-corrected chi connectivity index (χ1v) is 5.42. The molecule has 1 N–H and O–H groups in total. The van der Waals surface area contributed by atoms with Crippen molar-refractivity contribution in [2.75, 3.05) is 6.61 Å². The molecular weight excluding hydrogens is 216 g/mol. The number of ether oxygens (including phenoxy) is 1. The first kappa shape index (κ1) is 13.2. The van der Waals surface area contributed by atoms with Gasteiger partial charge in [-0.3, -0.25) is 0 Å². The number of aliphatic hydroxyl groups is 1. The van der Waals surface area contributed by atoms with E-state index in [1.165, 1.54) is 0 Å². The molecule has 1 aromatic carbocycles. The van der Waals surface area contributed by atoms with Crippen molar-refractivity contribution in [3.63, 3.8) is 0 Å². The molecule has 0 unspecified atom stereocenters. The SMILES string of the molecule is C=Cc1ccccc1OC(=O)C(=CC)CCO. The minimum absolute atomic E-state index is 0.0715. The Kier molecular flexibility index (Phi) is 5.17. The zero-order valence-electron chi connectivity index (χ0n) is 9.85. The summed E-state index contributed by atoms with van der Waals surface area (Å²) in [6.07, 6.45) is 3.57. The topological polar surface area (TPSA) is 46.5 Å². The summed E-state index contributed by atoms with van der Waals surface area (Å²) in [7, 11) is 0. The van der Waals surface area contributed by atoms with E-state index in [-0.39, 0.29) is 6.61 Å². The van der Waals surface area contributed by atoms with Gasteiger partial charge in [0.05, 0.1) is 0 Å². The lowest BCUT2D eigenvalue weighted by Crippen LogP contribution is -2.12. The van der Waals surface area contributed by atoms with Crippen LogP contribution in [0.3, 0.4) is 0 Å². The zero-order valence-corrected chi connectivity index (χ0v) is 9.85. The smallest absolute Gasteiger partial charge is 0.339 e. The fourth-order valence-corrected chi connectivity index (χ4v) is 1.39. The molecule has 0 aliphatic heterocycles. The van der Waals surface area contributed by atoms with Gasteiger partial charge in [0.1, 0.15) is 5.75 Å². The molecule has 0 aliphatic rings. The fraction of sp³-hybridized carbons (Fsp3) is 0.214. The van der Waals surface area contributed by atoms with E-state index in [4.69, 9.17) is 9.84 Å². The number of aliphatic hydroxyl groups excluding tert-OH is 1. The van der Waals surface area contributed by atoms with Crippen LogP contribution in [0.25, 0.3) is 6.08 Å². The zero-order chi connectivity index (χ0) is 12.7. The van der Waals surface area contributed by atoms with Crippen LogP contribution in [0.5, 0.6) is 5.75 Å². The van der Waals surface area contributed by atoms with Crippen molar-refractivity contribution in [3.8, 4) is 5.75 Å². The number of esters is 1. The molecular formula is C14H16O3. The normalized spacial score (nSPS) is 11.1. The standard InChI is InChI=1S/C14H16O3/c1-3-11-7-5-6-8-13(11)17-14(16)12(4-2)9-10-15/h3-8,15H,1,9-10H2,2H3. The lowest BCUT2D eigenvalue weighted by Gasteiger charge is -2.08. The first-order valence-electron chi connectivity index (χ1n) is 5.42. The van der Waals surface area contributed by atoms with E-state index >= 15 is 0 Å². The number of benzene rings is 1. The van der Waals surface area contributed by atoms with Gasteiger partial charge < -0.3 is 9.84 Å². The lowest BCUT2D eigenvalue weighted by atomic mass is 10.2. The van der Waals surface area contributed by atoms with Gasteiger partial charge in [0.2, 0.25) is 0 Å². The minimum atomic E-state index is -0.434. The van der Waals surface area contributed by atoms with Gasteiger partial charge in [-0.25, -0.2) is 4.79 Å². The number of hydrogen-bond acceptors (Lipinski definition) is 3. The van der Waals surface area contributed by atoms with E-state index in [1.807, 2.05) is 12.1 Å². The van der Waals surface area contributed by atoms with Gasteiger partial charge in [-0.15, -0.1) is 0 Å². The highest BCUT2D eigenvalue weighted by Gasteiger charge is 2.11. The van der Waals surface area contributed by atoms with E-state index in [0.29, 0.717) is 17.7 Å². The first-order chi connectivity index (χ1) is 8.22. The molecule has 0 heterocycles. The average Bonchev–Trinajstić information content (AvgIpc) is 2.36. The summed E-state index contributed by atoms with van der Waals surface area (Å²) < 4.78 is 5.25. The second kappa shape index (κ2) is 6.66. The number of carbonyl (C=O) groups is 1. The number of hydrogen-bond donors (Lipinski definition) is 1. The lowest BCUT2D eigenvalue weighted by molar-refractivity contribution is -0.130. The van der Waals surface area contributed by atoms with Gasteiger partial charge >= 0.3 is 5.97 Å². The van der Waals surface area contributed by atoms with Crippen molar-refractivity contribution in [2.24, 2.45) is 0 Å². The summed E-state index contributed by atoms with van der Waals surface area (Å²) in [5, 5.41) is 8.82. The van der Waals surface area contributed by atoms with Gasteiger partial charge in [-0.2, -0.15) is 0 Å². The summed E-state index contributed by atoms with van der Waals surface area (Å²) >= 11 is 0. The maximum absolute atomic E-state index is 11.8. The third-order valence-electron chi connectivity index (χ3n) is 2.33. The molecule has 0 bridgehead atoms. The third kappa shape index (κ3) is 3.57. The van der Waals surface area contributed by atoms with E-state index in [2.05, 4.69) is 6.58 Å². The van der Waals surface area contributed by atoms with Crippen LogP contribution < -0.4 is 4.74 Å². The number of allylic oxidation sites excluding steroid dienone is 1. The van der Waals surface area contributed by atoms with E-state index in [1.54, 1.807) is 31.2 Å². The number of rotatable bonds is 5. The van der Waals surface area contributed by atoms with E-state index in [9.17, 15) is 4.79 Å². The summed E-state index contributed by atoms with van der Waals surface area (Å²) in [5.41, 5.74) is 1.23. The van der Waals surface area contributed by atoms with Gasteiger partial charge in [0.15, 0.2) is 0 Å². The van der Waals surface area contributed by atoms with E-state index < -0.39 is 5.97 Å². The van der Waals surface area contributed by atoms with Crippen LogP contribution in [0.2, 0.25) is 0 Å². The minimum Gasteiger partial charge on any atom is -0.423 e. The summed E-state index contributed by atoms with van der Waals surface area (Å²) in [6, 6.07) is 7.16. The number of para-hydroxylation sites is 1. The molecule has 0 saturated carbocycles. The van der Waals surface area contributed by atoms with Crippen molar-refractivity contribution in [1.29, 1.82) is 0 Å². The molecule has 90 valence electrons. The van der Waals surface area contributed by atoms with Crippen LogP contribution >= 0.6 is 0 Å². The third-order valence-corrected chi connectivity index (χ3v) is 2.33. The van der Waals surface area contributed by atoms with Gasteiger partial charge in [-0.1, -0.05) is 36.9 Å². The van der Waals surface area contributed by atoms with Crippen molar-refractivity contribution >= 4 is 12.0 Å². The molecule has 0 atom stereocenters. The second-order valence-electron chi connectivity index (χ2n) is 3.42. The molecule has 0 fully saturated rings. The molecule has 0 amide bonds. The highest BCUT2D eigenvalue weighted by molar-refractivity contribution is 5.90. The van der Waals surface area contributed by atoms with Crippen LogP contribution in [0.4, 0.5) is 0 Å². The molecule has 0 aromatic heterocycles. The van der Waals surface area contributed by atoms with E-state index in [0.717, 1.165) is 5.56 Å². The maximum atomic E-state index is 11.8. The maximum Gasteiger partial charge on any atom is 0.339 e. The van der Waals surface area contributed by atoms with Crippen LogP contribution in [-0.2, 0) is 4.79 Å². The van der Waals surface area contributed by atoms with Gasteiger partial charge in [-0.05, 0) is 13.0 Å². The molecule has 0 aliphatic carbocycles. The van der Waals surface area contributed by atoms with Crippen molar-refractivity contribution in [3.05, 3.63) is 48.1 Å². The molecule has 1 rings (SSSR count). The van der Waals surface area contributed by atoms with Crippen LogP contribution in [0.15, 0.2) is 42.5 Å². The van der Waals surface area contributed by atoms with Crippen LogP contribution in [0.1, 0.15) is 18.9 Å². The Hall–Kier alpha value is -1.87. The Morgan fingerprint density at radius 1 is 1.47 bits per heavy atom. The van der Waals surface area contributed by atoms with Crippen LogP contribution in [-0.4, -0.2) is 17.7 Å². The highest BCUT2D eigenvalue weighted by atomic mass is 16.5. The molecule has 0 radical (unpaired) electrons. The Morgan fingerprint density at radius 2 is 2.18 bits per heavy atom. The molecule has 17 heavy (non-hydrogen) atoms. The predicted molar refractivity (Wildman–Crippen MR) is 67.6 cm³/mol. The fourth-order valence-electron chi connectivity index (χ4n) is 1.39. The van der Waals surface area contributed by atoms with Crippen LogP contribution in [0, 0.1) is 0 Å². The Bertz CT molecular complexity index is 433. The highest BCUT2D eigenvalue weighted by Crippen LogP contribution is 2.20.